The maximum atomic E-state index is 11.6. The van der Waals surface area contributed by atoms with E-state index < -0.39 is 0 Å². The van der Waals surface area contributed by atoms with Gasteiger partial charge in [0.05, 0.1) is 12.2 Å². The predicted molar refractivity (Wildman–Crippen MR) is 76.9 cm³/mol. The summed E-state index contributed by atoms with van der Waals surface area (Å²) in [6.45, 7) is 6.15. The molecule has 0 spiro atoms. The standard InChI is InChI=1S/C13H18N2O2S/c1-4-17-12(16)10-6-5-7-11(8-10)15-13(18)14-9(2)3/h5-9H,4H2,1-3H3,(H2,14,15,18). The first-order chi connectivity index (χ1) is 8.52. The highest BCUT2D eigenvalue weighted by molar-refractivity contribution is 7.80. The van der Waals surface area contributed by atoms with Crippen molar-refractivity contribution in [2.75, 3.05) is 11.9 Å². The van der Waals surface area contributed by atoms with E-state index in [4.69, 9.17) is 17.0 Å². The number of anilines is 1. The molecule has 0 bridgehead atoms. The lowest BCUT2D eigenvalue weighted by molar-refractivity contribution is 0.0526. The number of hydrogen-bond donors (Lipinski definition) is 2. The Kier molecular flexibility index (Phi) is 5.58. The first-order valence-corrected chi connectivity index (χ1v) is 6.28. The summed E-state index contributed by atoms with van der Waals surface area (Å²) in [5.41, 5.74) is 1.27. The lowest BCUT2D eigenvalue weighted by atomic mass is 10.2. The average Bonchev–Trinajstić information content (AvgIpc) is 2.28. The largest absolute Gasteiger partial charge is 0.462 e. The zero-order chi connectivity index (χ0) is 13.5. The summed E-state index contributed by atoms with van der Waals surface area (Å²) in [6, 6.07) is 7.32. The molecule has 0 heterocycles. The van der Waals surface area contributed by atoms with Gasteiger partial charge in [0.25, 0.3) is 0 Å². The number of nitrogens with one attached hydrogen (secondary N) is 2. The highest BCUT2D eigenvalue weighted by Crippen LogP contribution is 2.11. The highest BCUT2D eigenvalue weighted by Gasteiger charge is 2.07. The fourth-order valence-electron chi connectivity index (χ4n) is 1.37. The zero-order valence-electron chi connectivity index (χ0n) is 10.8. The molecule has 0 saturated carbocycles. The van der Waals surface area contributed by atoms with Gasteiger partial charge in [0.1, 0.15) is 0 Å². The van der Waals surface area contributed by atoms with Gasteiger partial charge in [-0.2, -0.15) is 0 Å². The summed E-state index contributed by atoms with van der Waals surface area (Å²) in [4.78, 5) is 11.6. The van der Waals surface area contributed by atoms with Gasteiger partial charge in [0.2, 0.25) is 0 Å². The third-order valence-corrected chi connectivity index (χ3v) is 2.27. The van der Waals surface area contributed by atoms with Crippen molar-refractivity contribution >= 4 is 29.0 Å². The van der Waals surface area contributed by atoms with Crippen LogP contribution in [0.5, 0.6) is 0 Å². The first-order valence-electron chi connectivity index (χ1n) is 5.87. The summed E-state index contributed by atoms with van der Waals surface area (Å²) in [7, 11) is 0. The molecule has 0 aliphatic heterocycles. The van der Waals surface area contributed by atoms with Gasteiger partial charge in [0, 0.05) is 11.7 Å². The third kappa shape index (κ3) is 4.71. The average molecular weight is 266 g/mol. The number of carbonyl (C=O) groups excluding carboxylic acids is 1. The van der Waals surface area contributed by atoms with E-state index in [9.17, 15) is 4.79 Å². The highest BCUT2D eigenvalue weighted by atomic mass is 32.1. The van der Waals surface area contributed by atoms with Gasteiger partial charge in [-0.3, -0.25) is 0 Å². The van der Waals surface area contributed by atoms with Crippen LogP contribution in [-0.2, 0) is 4.74 Å². The quantitative estimate of drug-likeness (QED) is 0.648. The van der Waals surface area contributed by atoms with Crippen LogP contribution in [0.4, 0.5) is 5.69 Å². The summed E-state index contributed by atoms with van der Waals surface area (Å²) >= 11 is 5.13. The summed E-state index contributed by atoms with van der Waals surface area (Å²) in [5, 5.41) is 6.63. The van der Waals surface area contributed by atoms with E-state index in [-0.39, 0.29) is 12.0 Å². The number of thiocarbonyl (C=S) groups is 1. The predicted octanol–water partition coefficient (Wildman–Crippen LogP) is 2.56. The van der Waals surface area contributed by atoms with E-state index in [1.54, 1.807) is 25.1 Å². The van der Waals surface area contributed by atoms with Crippen molar-refractivity contribution < 1.29 is 9.53 Å². The number of esters is 1. The molecule has 0 fully saturated rings. The topological polar surface area (TPSA) is 50.4 Å². The van der Waals surface area contributed by atoms with E-state index in [0.717, 1.165) is 5.69 Å². The van der Waals surface area contributed by atoms with Crippen LogP contribution >= 0.6 is 12.2 Å². The molecule has 0 aromatic heterocycles. The Morgan fingerprint density at radius 3 is 2.78 bits per heavy atom. The smallest absolute Gasteiger partial charge is 0.338 e. The fourth-order valence-corrected chi connectivity index (χ4v) is 1.72. The van der Waals surface area contributed by atoms with Crippen LogP contribution in [0.25, 0.3) is 0 Å². The van der Waals surface area contributed by atoms with Crippen molar-refractivity contribution in [2.45, 2.75) is 26.8 Å². The number of ether oxygens (including phenoxy) is 1. The number of benzene rings is 1. The van der Waals surface area contributed by atoms with Crippen LogP contribution < -0.4 is 10.6 Å². The van der Waals surface area contributed by atoms with E-state index in [1.807, 2.05) is 19.9 Å². The van der Waals surface area contributed by atoms with Crippen molar-refractivity contribution in [2.24, 2.45) is 0 Å². The molecule has 1 rings (SSSR count). The number of rotatable bonds is 4. The Morgan fingerprint density at radius 2 is 2.17 bits per heavy atom. The molecule has 0 aliphatic carbocycles. The van der Waals surface area contributed by atoms with Crippen LogP contribution in [0.15, 0.2) is 24.3 Å². The second-order valence-corrected chi connectivity index (χ2v) is 4.46. The van der Waals surface area contributed by atoms with E-state index >= 15 is 0 Å². The van der Waals surface area contributed by atoms with E-state index in [2.05, 4.69) is 10.6 Å². The zero-order valence-corrected chi connectivity index (χ0v) is 11.6. The number of carbonyl (C=O) groups is 1. The molecule has 0 saturated heterocycles. The summed E-state index contributed by atoms with van der Waals surface area (Å²) in [5.74, 6) is -0.330. The Balaban J connectivity index is 2.70. The van der Waals surface area contributed by atoms with E-state index in [0.29, 0.717) is 17.3 Å². The van der Waals surface area contributed by atoms with Crippen molar-refractivity contribution in [1.29, 1.82) is 0 Å². The van der Waals surface area contributed by atoms with Crippen molar-refractivity contribution in [3.8, 4) is 0 Å². The van der Waals surface area contributed by atoms with Gasteiger partial charge in [0.15, 0.2) is 5.11 Å². The molecular weight excluding hydrogens is 248 g/mol. The normalized spacial score (nSPS) is 10.0. The molecule has 0 aliphatic rings. The SMILES string of the molecule is CCOC(=O)c1cccc(NC(=S)NC(C)C)c1. The van der Waals surface area contributed by atoms with Gasteiger partial charge in [-0.1, -0.05) is 6.07 Å². The van der Waals surface area contributed by atoms with Crippen molar-refractivity contribution in [3.05, 3.63) is 29.8 Å². The summed E-state index contributed by atoms with van der Waals surface area (Å²) < 4.78 is 4.94. The van der Waals surface area contributed by atoms with Gasteiger partial charge < -0.3 is 15.4 Å². The van der Waals surface area contributed by atoms with Crippen molar-refractivity contribution in [1.82, 2.24) is 5.32 Å². The molecular formula is C13H18N2O2S. The molecule has 98 valence electrons. The molecule has 5 heteroatoms. The van der Waals surface area contributed by atoms with Gasteiger partial charge in [-0.15, -0.1) is 0 Å². The third-order valence-electron chi connectivity index (χ3n) is 2.05. The maximum Gasteiger partial charge on any atom is 0.338 e. The van der Waals surface area contributed by atoms with Gasteiger partial charge >= 0.3 is 5.97 Å². The maximum absolute atomic E-state index is 11.6. The molecule has 0 amide bonds. The molecule has 2 N–H and O–H groups in total. The second kappa shape index (κ2) is 6.96. The Labute approximate surface area is 113 Å². The van der Waals surface area contributed by atoms with Crippen LogP contribution in [0.3, 0.4) is 0 Å². The molecule has 18 heavy (non-hydrogen) atoms. The van der Waals surface area contributed by atoms with Crippen LogP contribution in [0.1, 0.15) is 31.1 Å². The second-order valence-electron chi connectivity index (χ2n) is 4.05. The van der Waals surface area contributed by atoms with Gasteiger partial charge in [-0.05, 0) is 51.2 Å². The van der Waals surface area contributed by atoms with Crippen molar-refractivity contribution in [3.63, 3.8) is 0 Å². The minimum atomic E-state index is -0.330. The Hall–Kier alpha value is -1.62. The number of hydrogen-bond acceptors (Lipinski definition) is 3. The molecule has 1 aromatic rings. The van der Waals surface area contributed by atoms with Crippen LogP contribution in [0, 0.1) is 0 Å². The lowest BCUT2D eigenvalue weighted by Gasteiger charge is -2.13. The molecule has 1 aromatic carbocycles. The summed E-state index contributed by atoms with van der Waals surface area (Å²) in [6.07, 6.45) is 0. The molecule has 4 nitrogen and oxygen atoms in total. The fraction of sp³-hybridized carbons (Fsp3) is 0.385. The lowest BCUT2D eigenvalue weighted by Crippen LogP contribution is -2.33. The molecule has 0 radical (unpaired) electrons. The van der Waals surface area contributed by atoms with E-state index in [1.165, 1.54) is 0 Å². The minimum Gasteiger partial charge on any atom is -0.462 e. The van der Waals surface area contributed by atoms with Crippen LogP contribution in [0.2, 0.25) is 0 Å². The monoisotopic (exact) mass is 266 g/mol. The van der Waals surface area contributed by atoms with Gasteiger partial charge in [-0.25, -0.2) is 4.79 Å². The Morgan fingerprint density at radius 1 is 1.44 bits per heavy atom. The molecule has 0 unspecified atom stereocenters. The van der Waals surface area contributed by atoms with Crippen LogP contribution in [-0.4, -0.2) is 23.7 Å². The Bertz CT molecular complexity index is 433. The molecule has 0 atom stereocenters. The minimum absolute atomic E-state index is 0.262. The first kappa shape index (κ1) is 14.4.